The summed E-state index contributed by atoms with van der Waals surface area (Å²) in [4.78, 5) is 0. The SMILES string of the molecule is Cc1ccc2oc(C(N)c3cc(Cl)ccc3Cl)c(C)c2c1. The van der Waals surface area contributed by atoms with Gasteiger partial charge in [-0.1, -0.05) is 34.8 Å². The number of fused-ring (bicyclic) bond motifs is 1. The fourth-order valence-electron chi connectivity index (χ4n) is 2.54. The van der Waals surface area contributed by atoms with Crippen LogP contribution in [0.5, 0.6) is 0 Å². The fraction of sp³-hybridized carbons (Fsp3) is 0.176. The second-order valence-corrected chi connectivity index (χ2v) is 6.08. The lowest BCUT2D eigenvalue weighted by atomic mass is 10.0. The van der Waals surface area contributed by atoms with Crippen molar-refractivity contribution < 1.29 is 4.42 Å². The van der Waals surface area contributed by atoms with Crippen LogP contribution in [-0.4, -0.2) is 0 Å². The summed E-state index contributed by atoms with van der Waals surface area (Å²) in [6, 6.07) is 10.9. The monoisotopic (exact) mass is 319 g/mol. The van der Waals surface area contributed by atoms with Gasteiger partial charge in [0.1, 0.15) is 11.3 Å². The fourth-order valence-corrected chi connectivity index (χ4v) is 2.96. The number of halogens is 2. The van der Waals surface area contributed by atoms with Gasteiger partial charge >= 0.3 is 0 Å². The van der Waals surface area contributed by atoms with Crippen molar-refractivity contribution in [3.05, 3.63) is 68.9 Å². The molecule has 0 saturated heterocycles. The third kappa shape index (κ3) is 2.55. The summed E-state index contributed by atoms with van der Waals surface area (Å²) in [6.07, 6.45) is 0. The molecule has 0 spiro atoms. The van der Waals surface area contributed by atoms with Gasteiger partial charge in [-0.15, -0.1) is 0 Å². The van der Waals surface area contributed by atoms with Gasteiger partial charge in [-0.3, -0.25) is 0 Å². The van der Waals surface area contributed by atoms with E-state index in [9.17, 15) is 0 Å². The Bertz CT molecular complexity index is 823. The zero-order chi connectivity index (χ0) is 15.1. The summed E-state index contributed by atoms with van der Waals surface area (Å²) in [5.41, 5.74) is 10.2. The minimum absolute atomic E-state index is 0.441. The first-order valence-electron chi connectivity index (χ1n) is 6.67. The molecule has 0 fully saturated rings. The maximum Gasteiger partial charge on any atom is 0.134 e. The Morgan fingerprint density at radius 2 is 1.81 bits per heavy atom. The Labute approximate surface area is 133 Å². The second-order valence-electron chi connectivity index (χ2n) is 5.23. The summed E-state index contributed by atoms with van der Waals surface area (Å²) in [6.45, 7) is 4.07. The van der Waals surface area contributed by atoms with Crippen LogP contribution >= 0.6 is 23.2 Å². The van der Waals surface area contributed by atoms with Crippen LogP contribution in [0.4, 0.5) is 0 Å². The minimum Gasteiger partial charge on any atom is -0.459 e. The van der Waals surface area contributed by atoms with Crippen LogP contribution in [0.2, 0.25) is 10.0 Å². The van der Waals surface area contributed by atoms with Crippen LogP contribution in [0.25, 0.3) is 11.0 Å². The van der Waals surface area contributed by atoms with Crippen molar-refractivity contribution in [1.82, 2.24) is 0 Å². The number of nitrogens with two attached hydrogens (primary N) is 1. The standard InChI is InChI=1S/C17H15Cl2NO/c1-9-3-6-15-12(7-9)10(2)17(21-15)16(20)13-8-11(18)4-5-14(13)19/h3-8,16H,20H2,1-2H3. The molecule has 21 heavy (non-hydrogen) atoms. The van der Waals surface area contributed by atoms with Crippen LogP contribution in [-0.2, 0) is 0 Å². The molecule has 1 heterocycles. The molecular formula is C17H15Cl2NO. The van der Waals surface area contributed by atoms with E-state index >= 15 is 0 Å². The van der Waals surface area contributed by atoms with Crippen LogP contribution in [0, 0.1) is 13.8 Å². The molecule has 3 aromatic rings. The van der Waals surface area contributed by atoms with Crippen LogP contribution in [0.3, 0.4) is 0 Å². The van der Waals surface area contributed by atoms with Gasteiger partial charge in [0.2, 0.25) is 0 Å². The zero-order valence-electron chi connectivity index (χ0n) is 11.8. The molecule has 0 amide bonds. The molecule has 4 heteroatoms. The molecule has 2 aromatic carbocycles. The number of benzene rings is 2. The Morgan fingerprint density at radius 1 is 1.05 bits per heavy atom. The van der Waals surface area contributed by atoms with Crippen molar-refractivity contribution >= 4 is 34.2 Å². The van der Waals surface area contributed by atoms with Crippen LogP contribution in [0.1, 0.15) is 28.5 Å². The van der Waals surface area contributed by atoms with Gasteiger partial charge < -0.3 is 10.2 Å². The van der Waals surface area contributed by atoms with Crippen molar-refractivity contribution in [1.29, 1.82) is 0 Å². The molecule has 108 valence electrons. The van der Waals surface area contributed by atoms with Crippen LogP contribution in [0.15, 0.2) is 40.8 Å². The summed E-state index contributed by atoms with van der Waals surface area (Å²) in [7, 11) is 0. The van der Waals surface area contributed by atoms with Crippen molar-refractivity contribution in [2.75, 3.05) is 0 Å². The maximum atomic E-state index is 6.35. The number of rotatable bonds is 2. The van der Waals surface area contributed by atoms with Gasteiger partial charge in [0.25, 0.3) is 0 Å². The van der Waals surface area contributed by atoms with Gasteiger partial charge in [0.05, 0.1) is 6.04 Å². The van der Waals surface area contributed by atoms with Crippen molar-refractivity contribution in [3.8, 4) is 0 Å². The molecule has 1 unspecified atom stereocenters. The van der Waals surface area contributed by atoms with Gasteiger partial charge in [-0.25, -0.2) is 0 Å². The molecule has 0 radical (unpaired) electrons. The van der Waals surface area contributed by atoms with E-state index < -0.39 is 6.04 Å². The third-order valence-electron chi connectivity index (χ3n) is 3.70. The largest absolute Gasteiger partial charge is 0.459 e. The third-order valence-corrected chi connectivity index (χ3v) is 4.28. The van der Waals surface area contributed by atoms with E-state index in [1.54, 1.807) is 18.2 Å². The number of furan rings is 1. The molecule has 1 aromatic heterocycles. The van der Waals surface area contributed by atoms with Crippen LogP contribution < -0.4 is 5.73 Å². The topological polar surface area (TPSA) is 39.2 Å². The normalized spacial score (nSPS) is 12.8. The molecule has 2 nitrogen and oxygen atoms in total. The van der Waals surface area contributed by atoms with E-state index in [1.165, 1.54) is 5.56 Å². The summed E-state index contributed by atoms with van der Waals surface area (Å²) >= 11 is 12.3. The highest BCUT2D eigenvalue weighted by atomic mass is 35.5. The van der Waals surface area contributed by atoms with E-state index in [2.05, 4.69) is 13.0 Å². The first-order valence-corrected chi connectivity index (χ1v) is 7.43. The molecule has 1 atom stereocenters. The van der Waals surface area contributed by atoms with E-state index in [1.807, 2.05) is 19.1 Å². The molecule has 2 N–H and O–H groups in total. The lowest BCUT2D eigenvalue weighted by Crippen LogP contribution is -2.12. The zero-order valence-corrected chi connectivity index (χ0v) is 13.3. The number of aryl methyl sites for hydroxylation is 2. The Balaban J connectivity index is 2.15. The predicted molar refractivity (Wildman–Crippen MR) is 88.2 cm³/mol. The molecule has 0 bridgehead atoms. The van der Waals surface area contributed by atoms with Gasteiger partial charge in [0.15, 0.2) is 0 Å². The second kappa shape index (κ2) is 5.38. The van der Waals surface area contributed by atoms with Crippen molar-refractivity contribution in [2.45, 2.75) is 19.9 Å². The van der Waals surface area contributed by atoms with E-state index in [4.69, 9.17) is 33.4 Å². The smallest absolute Gasteiger partial charge is 0.134 e. The van der Waals surface area contributed by atoms with E-state index in [0.717, 1.165) is 27.9 Å². The number of hydrogen-bond donors (Lipinski definition) is 1. The number of hydrogen-bond acceptors (Lipinski definition) is 2. The predicted octanol–water partition coefficient (Wildman–Crippen LogP) is 5.40. The Morgan fingerprint density at radius 3 is 2.57 bits per heavy atom. The molecule has 0 saturated carbocycles. The van der Waals surface area contributed by atoms with Gasteiger partial charge in [-0.05, 0) is 49.7 Å². The molecular weight excluding hydrogens is 305 g/mol. The lowest BCUT2D eigenvalue weighted by Gasteiger charge is -2.12. The highest BCUT2D eigenvalue weighted by molar-refractivity contribution is 6.33. The summed E-state index contributed by atoms with van der Waals surface area (Å²) < 4.78 is 5.94. The summed E-state index contributed by atoms with van der Waals surface area (Å²) in [5, 5.41) is 2.27. The Hall–Kier alpha value is -1.48. The van der Waals surface area contributed by atoms with Gasteiger partial charge in [0, 0.05) is 21.0 Å². The van der Waals surface area contributed by atoms with Crippen molar-refractivity contribution in [2.24, 2.45) is 5.73 Å². The first-order chi connectivity index (χ1) is 9.97. The lowest BCUT2D eigenvalue weighted by molar-refractivity contribution is 0.521. The van der Waals surface area contributed by atoms with Crippen molar-refractivity contribution in [3.63, 3.8) is 0 Å². The molecule has 0 aliphatic heterocycles. The summed E-state index contributed by atoms with van der Waals surface area (Å²) in [5.74, 6) is 0.722. The highest BCUT2D eigenvalue weighted by Gasteiger charge is 2.21. The average molecular weight is 320 g/mol. The quantitative estimate of drug-likeness (QED) is 0.686. The van der Waals surface area contributed by atoms with Gasteiger partial charge in [-0.2, -0.15) is 0 Å². The van der Waals surface area contributed by atoms with E-state index in [-0.39, 0.29) is 0 Å². The molecule has 3 rings (SSSR count). The first kappa shape index (κ1) is 14.5. The molecule has 0 aliphatic rings. The van der Waals surface area contributed by atoms with E-state index in [0.29, 0.717) is 10.0 Å². The maximum absolute atomic E-state index is 6.35. The highest BCUT2D eigenvalue weighted by Crippen LogP contribution is 2.35. The Kier molecular flexibility index (Phi) is 3.70. The molecule has 0 aliphatic carbocycles. The minimum atomic E-state index is -0.441. The average Bonchev–Trinajstić information content (AvgIpc) is 2.78.